The largest absolute Gasteiger partial charge is 0.334 e. The Kier molecular flexibility index (Phi) is 7.06. The molecule has 0 aliphatic heterocycles. The molecule has 0 heterocycles. The van der Waals surface area contributed by atoms with Gasteiger partial charge < -0.3 is 4.72 Å². The SMILES string of the molecule is C=C(C=C(C)NSC)C(=C)C(=O)C(=C)C=CC. The van der Waals surface area contributed by atoms with Gasteiger partial charge in [0.05, 0.1) is 0 Å². The number of hydrogen-bond donors (Lipinski definition) is 1. The van der Waals surface area contributed by atoms with E-state index in [-0.39, 0.29) is 5.78 Å². The summed E-state index contributed by atoms with van der Waals surface area (Å²) in [6.07, 6.45) is 7.15. The maximum absolute atomic E-state index is 11.8. The predicted octanol–water partition coefficient (Wildman–Crippen LogP) is 3.57. The second-order valence-electron chi connectivity index (χ2n) is 3.49. The van der Waals surface area contributed by atoms with Crippen molar-refractivity contribution in [1.82, 2.24) is 4.72 Å². The van der Waals surface area contributed by atoms with Crippen LogP contribution in [0.15, 0.2) is 60.4 Å². The van der Waals surface area contributed by atoms with Gasteiger partial charge in [-0.3, -0.25) is 4.79 Å². The Morgan fingerprint density at radius 1 is 1.24 bits per heavy atom. The van der Waals surface area contributed by atoms with Crippen LogP contribution in [0.25, 0.3) is 0 Å². The van der Waals surface area contributed by atoms with E-state index in [0.29, 0.717) is 16.7 Å². The van der Waals surface area contributed by atoms with Gasteiger partial charge in [-0.05, 0) is 25.5 Å². The molecule has 0 aliphatic rings. The van der Waals surface area contributed by atoms with Crippen molar-refractivity contribution in [2.45, 2.75) is 13.8 Å². The summed E-state index contributed by atoms with van der Waals surface area (Å²) >= 11 is 1.48. The molecule has 0 saturated heterocycles. The van der Waals surface area contributed by atoms with Crippen molar-refractivity contribution in [1.29, 1.82) is 0 Å². The zero-order chi connectivity index (χ0) is 13.4. The molecule has 0 rings (SSSR count). The maximum Gasteiger partial charge on any atom is 0.192 e. The third kappa shape index (κ3) is 5.41. The normalized spacial score (nSPS) is 11.4. The Labute approximate surface area is 108 Å². The van der Waals surface area contributed by atoms with Gasteiger partial charge in [0, 0.05) is 23.1 Å². The monoisotopic (exact) mass is 249 g/mol. The summed E-state index contributed by atoms with van der Waals surface area (Å²) in [5.74, 6) is -0.179. The van der Waals surface area contributed by atoms with Crippen molar-refractivity contribution in [3.05, 3.63) is 60.4 Å². The van der Waals surface area contributed by atoms with E-state index < -0.39 is 0 Å². The smallest absolute Gasteiger partial charge is 0.192 e. The minimum absolute atomic E-state index is 0.179. The van der Waals surface area contributed by atoms with E-state index in [1.807, 2.05) is 20.1 Å². The number of Topliss-reactive ketones (excluding diaryl/α,β-unsaturated/α-hetero) is 1. The number of hydrogen-bond acceptors (Lipinski definition) is 3. The molecule has 0 unspecified atom stereocenters. The van der Waals surface area contributed by atoms with Crippen molar-refractivity contribution >= 4 is 17.7 Å². The van der Waals surface area contributed by atoms with Crippen LogP contribution in [0.3, 0.4) is 0 Å². The van der Waals surface area contributed by atoms with Gasteiger partial charge in [0.2, 0.25) is 0 Å². The molecule has 0 fully saturated rings. The molecule has 17 heavy (non-hydrogen) atoms. The summed E-state index contributed by atoms with van der Waals surface area (Å²) in [6, 6.07) is 0. The molecular formula is C14H19NOS. The van der Waals surface area contributed by atoms with Gasteiger partial charge in [0.25, 0.3) is 0 Å². The predicted molar refractivity (Wildman–Crippen MR) is 77.6 cm³/mol. The van der Waals surface area contributed by atoms with Crippen molar-refractivity contribution in [3.63, 3.8) is 0 Å². The fourth-order valence-corrected chi connectivity index (χ4v) is 1.54. The fourth-order valence-electron chi connectivity index (χ4n) is 1.16. The Hall–Kier alpha value is -1.48. The topological polar surface area (TPSA) is 29.1 Å². The first-order valence-corrected chi connectivity index (χ1v) is 6.38. The van der Waals surface area contributed by atoms with Gasteiger partial charge >= 0.3 is 0 Å². The molecule has 0 aromatic heterocycles. The van der Waals surface area contributed by atoms with Crippen LogP contribution in [0.1, 0.15) is 13.8 Å². The standard InChI is InChI=1S/C14H19NOS/c1-7-8-10(2)14(16)13(5)11(3)9-12(4)15-17-6/h7-9,15H,2-3,5H2,1,4,6H3. The van der Waals surface area contributed by atoms with Crippen molar-refractivity contribution in [3.8, 4) is 0 Å². The lowest BCUT2D eigenvalue weighted by molar-refractivity contribution is -0.111. The van der Waals surface area contributed by atoms with Gasteiger partial charge in [-0.25, -0.2) is 0 Å². The Morgan fingerprint density at radius 2 is 1.82 bits per heavy atom. The third-order valence-electron chi connectivity index (χ3n) is 1.97. The molecule has 0 saturated carbocycles. The molecule has 1 N–H and O–H groups in total. The van der Waals surface area contributed by atoms with Crippen LogP contribution in [0.2, 0.25) is 0 Å². The molecule has 0 aliphatic carbocycles. The first-order valence-electron chi connectivity index (χ1n) is 5.15. The first-order chi connectivity index (χ1) is 7.93. The van der Waals surface area contributed by atoms with Crippen LogP contribution in [-0.4, -0.2) is 12.0 Å². The van der Waals surface area contributed by atoms with Crippen LogP contribution >= 0.6 is 11.9 Å². The minimum atomic E-state index is -0.179. The molecular weight excluding hydrogens is 230 g/mol. The number of ketones is 1. The molecule has 0 amide bonds. The van der Waals surface area contributed by atoms with E-state index in [2.05, 4.69) is 24.5 Å². The van der Waals surface area contributed by atoms with Gasteiger partial charge in [0.1, 0.15) is 0 Å². The second kappa shape index (κ2) is 7.74. The summed E-state index contributed by atoms with van der Waals surface area (Å²) in [4.78, 5) is 11.8. The van der Waals surface area contributed by atoms with Gasteiger partial charge in [-0.15, -0.1) is 0 Å². The number of carbonyl (C=O) groups is 1. The average Bonchev–Trinajstić information content (AvgIpc) is 2.27. The molecule has 92 valence electrons. The summed E-state index contributed by atoms with van der Waals surface area (Å²) in [6.45, 7) is 15.0. The Morgan fingerprint density at radius 3 is 2.29 bits per heavy atom. The van der Waals surface area contributed by atoms with Crippen molar-refractivity contribution in [2.24, 2.45) is 0 Å². The van der Waals surface area contributed by atoms with E-state index in [1.165, 1.54) is 11.9 Å². The van der Waals surface area contributed by atoms with Crippen molar-refractivity contribution < 1.29 is 4.79 Å². The molecule has 0 spiro atoms. The lowest BCUT2D eigenvalue weighted by Crippen LogP contribution is -2.05. The maximum atomic E-state index is 11.8. The van der Waals surface area contributed by atoms with Crippen LogP contribution in [0.4, 0.5) is 0 Å². The summed E-state index contributed by atoms with van der Waals surface area (Å²) in [5, 5.41) is 0. The molecule has 0 bridgehead atoms. The molecule has 0 aromatic carbocycles. The first kappa shape index (κ1) is 15.5. The zero-order valence-electron chi connectivity index (χ0n) is 10.7. The highest BCUT2D eigenvalue weighted by Gasteiger charge is 2.10. The lowest BCUT2D eigenvalue weighted by Gasteiger charge is -2.07. The number of carbonyl (C=O) groups excluding carboxylic acids is 1. The highest BCUT2D eigenvalue weighted by molar-refractivity contribution is 7.96. The lowest BCUT2D eigenvalue weighted by atomic mass is 9.99. The summed E-state index contributed by atoms with van der Waals surface area (Å²) < 4.78 is 3.05. The molecule has 0 radical (unpaired) electrons. The van der Waals surface area contributed by atoms with E-state index in [1.54, 1.807) is 18.2 Å². The summed E-state index contributed by atoms with van der Waals surface area (Å²) in [5.41, 5.74) is 2.31. The van der Waals surface area contributed by atoms with Gasteiger partial charge in [0.15, 0.2) is 5.78 Å². The fraction of sp³-hybridized carbons (Fsp3) is 0.214. The Balaban J connectivity index is 4.73. The second-order valence-corrected chi connectivity index (χ2v) is 4.10. The van der Waals surface area contributed by atoms with Gasteiger partial charge in [-0.2, -0.15) is 0 Å². The highest BCUT2D eigenvalue weighted by atomic mass is 32.2. The molecule has 3 heteroatoms. The average molecular weight is 249 g/mol. The van der Waals surface area contributed by atoms with Crippen LogP contribution in [0.5, 0.6) is 0 Å². The van der Waals surface area contributed by atoms with Crippen LogP contribution < -0.4 is 4.72 Å². The van der Waals surface area contributed by atoms with E-state index in [0.717, 1.165) is 5.70 Å². The number of nitrogens with one attached hydrogen (secondary N) is 1. The zero-order valence-corrected chi connectivity index (χ0v) is 11.5. The Bertz CT molecular complexity index is 402. The minimum Gasteiger partial charge on any atom is -0.334 e. The van der Waals surface area contributed by atoms with Crippen LogP contribution in [-0.2, 0) is 4.79 Å². The number of allylic oxidation sites excluding steroid dienone is 7. The van der Waals surface area contributed by atoms with Gasteiger partial charge in [-0.1, -0.05) is 43.8 Å². The van der Waals surface area contributed by atoms with Crippen LogP contribution in [0, 0.1) is 0 Å². The highest BCUT2D eigenvalue weighted by Crippen LogP contribution is 2.14. The van der Waals surface area contributed by atoms with Crippen molar-refractivity contribution in [2.75, 3.05) is 6.26 Å². The third-order valence-corrected chi connectivity index (χ3v) is 2.50. The van der Waals surface area contributed by atoms with E-state index in [9.17, 15) is 4.79 Å². The van der Waals surface area contributed by atoms with E-state index in [4.69, 9.17) is 0 Å². The molecule has 0 atom stereocenters. The molecule has 2 nitrogen and oxygen atoms in total. The summed E-state index contributed by atoms with van der Waals surface area (Å²) in [7, 11) is 0. The molecule has 0 aromatic rings. The van der Waals surface area contributed by atoms with E-state index >= 15 is 0 Å². The number of rotatable bonds is 7. The quantitative estimate of drug-likeness (QED) is 0.425.